The van der Waals surface area contributed by atoms with E-state index in [4.69, 9.17) is 0 Å². The molecule has 0 fully saturated rings. The van der Waals surface area contributed by atoms with E-state index in [1.807, 2.05) is 18.2 Å². The van der Waals surface area contributed by atoms with Gasteiger partial charge in [0.05, 0.1) is 10.6 Å². The van der Waals surface area contributed by atoms with Gasteiger partial charge in [0.2, 0.25) is 0 Å². The van der Waals surface area contributed by atoms with Gasteiger partial charge in [-0.25, -0.2) is 13.2 Å². The monoisotopic (exact) mass is 431 g/mol. The lowest BCUT2D eigenvalue weighted by molar-refractivity contribution is 0.0703. The van der Waals surface area contributed by atoms with Crippen LogP contribution in [0.25, 0.3) is 0 Å². The van der Waals surface area contributed by atoms with Gasteiger partial charge in [0.1, 0.15) is 4.88 Å². The molecular formula is C20H17NO4S3. The molecule has 0 spiro atoms. The number of aryl methyl sites for hydroxylation is 1. The molecule has 2 N–H and O–H groups in total. The highest BCUT2D eigenvalue weighted by molar-refractivity contribution is 8.00. The zero-order chi connectivity index (χ0) is 19.9. The van der Waals surface area contributed by atoms with E-state index >= 15 is 0 Å². The smallest absolute Gasteiger partial charge is 0.348 e. The third kappa shape index (κ3) is 3.55. The van der Waals surface area contributed by atoms with Gasteiger partial charge in [-0.15, -0.1) is 23.1 Å². The highest BCUT2D eigenvalue weighted by Crippen LogP contribution is 2.49. The van der Waals surface area contributed by atoms with Gasteiger partial charge in [-0.2, -0.15) is 0 Å². The second-order valence-electron chi connectivity index (χ2n) is 6.49. The van der Waals surface area contributed by atoms with E-state index < -0.39 is 16.0 Å². The molecule has 1 aliphatic heterocycles. The van der Waals surface area contributed by atoms with Crippen LogP contribution in [0.1, 0.15) is 30.9 Å². The number of carbonyl (C=O) groups is 1. The number of thioether (sulfide) groups is 1. The Hall–Kier alpha value is -2.29. The molecule has 3 aromatic rings. The van der Waals surface area contributed by atoms with E-state index in [9.17, 15) is 18.3 Å². The topological polar surface area (TPSA) is 83.5 Å². The van der Waals surface area contributed by atoms with E-state index in [2.05, 4.69) is 10.8 Å². The van der Waals surface area contributed by atoms with Crippen molar-refractivity contribution in [3.8, 4) is 0 Å². The number of fused-ring (bicyclic) bond motifs is 1. The van der Waals surface area contributed by atoms with E-state index in [-0.39, 0.29) is 20.7 Å². The molecule has 2 aromatic carbocycles. The van der Waals surface area contributed by atoms with Crippen LogP contribution in [-0.2, 0) is 16.4 Å². The number of hydrogen-bond donors (Lipinski definition) is 2. The molecule has 0 saturated heterocycles. The number of aromatic carboxylic acids is 1. The number of nitrogens with one attached hydrogen (secondary N) is 1. The van der Waals surface area contributed by atoms with Gasteiger partial charge < -0.3 is 5.11 Å². The fourth-order valence-electron chi connectivity index (χ4n) is 3.20. The number of benzene rings is 2. The standard InChI is InChI=1S/C20H17NO4S3/c1-12-6-2-5-9-18(12)28(24,25)21-14-11-17(27-19(14)20(22)23)16-10-13-7-3-4-8-15(13)26-16/h2-9,11,16,21H,10H2,1H3,(H,22,23). The molecule has 8 heteroatoms. The fourth-order valence-corrected chi connectivity index (χ4v) is 7.01. The van der Waals surface area contributed by atoms with Crippen molar-refractivity contribution < 1.29 is 18.3 Å². The van der Waals surface area contributed by atoms with Gasteiger partial charge in [0.25, 0.3) is 10.0 Å². The summed E-state index contributed by atoms with van der Waals surface area (Å²) in [5, 5.41) is 9.67. The van der Waals surface area contributed by atoms with Gasteiger partial charge in [0.15, 0.2) is 0 Å². The van der Waals surface area contributed by atoms with Crippen LogP contribution in [0.3, 0.4) is 0 Å². The maximum absolute atomic E-state index is 12.8. The SMILES string of the molecule is Cc1ccccc1S(=O)(=O)Nc1cc(C2Cc3ccccc3S2)sc1C(=O)O. The fraction of sp³-hybridized carbons (Fsp3) is 0.150. The minimum absolute atomic E-state index is 0.00344. The van der Waals surface area contributed by atoms with Crippen LogP contribution in [0.15, 0.2) is 64.4 Å². The Morgan fingerprint density at radius 2 is 1.86 bits per heavy atom. The zero-order valence-corrected chi connectivity index (χ0v) is 17.3. The van der Waals surface area contributed by atoms with E-state index in [1.54, 1.807) is 43.0 Å². The first-order valence-electron chi connectivity index (χ1n) is 8.55. The largest absolute Gasteiger partial charge is 0.477 e. The molecule has 1 atom stereocenters. The Labute approximate surface area is 171 Å². The first kappa shape index (κ1) is 19.0. The molecule has 1 aliphatic rings. The number of rotatable bonds is 5. The Bertz CT molecular complexity index is 1140. The quantitative estimate of drug-likeness (QED) is 0.597. The van der Waals surface area contributed by atoms with Crippen LogP contribution in [0.2, 0.25) is 0 Å². The lowest BCUT2D eigenvalue weighted by atomic mass is 10.1. The Kier molecular flexibility index (Phi) is 4.95. The Balaban J connectivity index is 1.67. The number of anilines is 1. The van der Waals surface area contributed by atoms with E-state index in [1.165, 1.54) is 16.5 Å². The first-order chi connectivity index (χ1) is 13.3. The van der Waals surface area contributed by atoms with Crippen molar-refractivity contribution in [1.82, 2.24) is 0 Å². The van der Waals surface area contributed by atoms with Crippen molar-refractivity contribution in [3.63, 3.8) is 0 Å². The Morgan fingerprint density at radius 1 is 1.14 bits per heavy atom. The lowest BCUT2D eigenvalue weighted by Crippen LogP contribution is -2.15. The molecule has 1 aromatic heterocycles. The van der Waals surface area contributed by atoms with Crippen LogP contribution >= 0.6 is 23.1 Å². The molecule has 0 aliphatic carbocycles. The molecule has 144 valence electrons. The molecule has 0 bridgehead atoms. The van der Waals surface area contributed by atoms with Crippen LogP contribution in [-0.4, -0.2) is 19.5 Å². The predicted molar refractivity (Wildman–Crippen MR) is 112 cm³/mol. The average molecular weight is 432 g/mol. The van der Waals surface area contributed by atoms with Gasteiger partial charge >= 0.3 is 5.97 Å². The average Bonchev–Trinajstić information content (AvgIpc) is 3.25. The van der Waals surface area contributed by atoms with Crippen LogP contribution in [0.4, 0.5) is 5.69 Å². The molecule has 1 unspecified atom stereocenters. The second-order valence-corrected chi connectivity index (χ2v) is 10.5. The summed E-state index contributed by atoms with van der Waals surface area (Å²) in [6, 6.07) is 16.4. The molecular weight excluding hydrogens is 414 g/mol. The molecule has 5 nitrogen and oxygen atoms in total. The maximum atomic E-state index is 12.8. The molecule has 28 heavy (non-hydrogen) atoms. The van der Waals surface area contributed by atoms with Gasteiger partial charge in [-0.05, 0) is 42.7 Å². The zero-order valence-electron chi connectivity index (χ0n) is 14.9. The van der Waals surface area contributed by atoms with Crippen molar-refractivity contribution in [2.45, 2.75) is 28.4 Å². The number of thiophene rings is 1. The molecule has 0 saturated carbocycles. The van der Waals surface area contributed by atoms with E-state index in [0.29, 0.717) is 5.56 Å². The summed E-state index contributed by atoms with van der Waals surface area (Å²) in [6.07, 6.45) is 0.796. The van der Waals surface area contributed by atoms with Crippen molar-refractivity contribution in [3.05, 3.63) is 75.5 Å². The number of hydrogen-bond acceptors (Lipinski definition) is 5. The second kappa shape index (κ2) is 7.27. The summed E-state index contributed by atoms with van der Waals surface area (Å²) in [5.74, 6) is -1.14. The van der Waals surface area contributed by atoms with Crippen LogP contribution < -0.4 is 4.72 Å². The Morgan fingerprint density at radius 3 is 2.57 bits per heavy atom. The first-order valence-corrected chi connectivity index (χ1v) is 11.7. The summed E-state index contributed by atoms with van der Waals surface area (Å²) in [4.78, 5) is 13.9. The van der Waals surface area contributed by atoms with E-state index in [0.717, 1.165) is 22.6 Å². The van der Waals surface area contributed by atoms with Crippen molar-refractivity contribution in [2.75, 3.05) is 4.72 Å². The minimum atomic E-state index is -3.88. The van der Waals surface area contributed by atoms with Crippen molar-refractivity contribution in [1.29, 1.82) is 0 Å². The highest BCUT2D eigenvalue weighted by atomic mass is 32.2. The highest BCUT2D eigenvalue weighted by Gasteiger charge is 2.29. The third-order valence-corrected chi connectivity index (χ3v) is 8.81. The molecule has 4 rings (SSSR count). The van der Waals surface area contributed by atoms with Crippen molar-refractivity contribution >= 4 is 44.8 Å². The molecule has 2 heterocycles. The third-order valence-electron chi connectivity index (χ3n) is 4.54. The summed E-state index contributed by atoms with van der Waals surface area (Å²) < 4.78 is 28.1. The predicted octanol–water partition coefficient (Wildman–Crippen LogP) is 4.95. The van der Waals surface area contributed by atoms with Crippen LogP contribution in [0.5, 0.6) is 0 Å². The number of sulfonamides is 1. The summed E-state index contributed by atoms with van der Waals surface area (Å²) in [7, 11) is -3.88. The minimum Gasteiger partial charge on any atom is -0.477 e. The summed E-state index contributed by atoms with van der Waals surface area (Å²) in [6.45, 7) is 1.71. The lowest BCUT2D eigenvalue weighted by Gasteiger charge is -2.09. The van der Waals surface area contributed by atoms with Gasteiger partial charge in [0, 0.05) is 15.0 Å². The number of carboxylic acids is 1. The normalized spacial score (nSPS) is 16.0. The van der Waals surface area contributed by atoms with Gasteiger partial charge in [-0.1, -0.05) is 36.4 Å². The molecule has 0 amide bonds. The van der Waals surface area contributed by atoms with Crippen molar-refractivity contribution in [2.24, 2.45) is 0 Å². The molecule has 0 radical (unpaired) electrons. The van der Waals surface area contributed by atoms with Crippen LogP contribution in [0, 0.1) is 6.92 Å². The number of carboxylic acid groups (broad SMARTS) is 1. The van der Waals surface area contributed by atoms with Gasteiger partial charge in [-0.3, -0.25) is 4.72 Å². The summed E-state index contributed by atoms with van der Waals surface area (Å²) >= 11 is 2.81. The maximum Gasteiger partial charge on any atom is 0.348 e. The summed E-state index contributed by atoms with van der Waals surface area (Å²) in [5.41, 5.74) is 1.95.